The first kappa shape index (κ1) is 30.8. The number of pyridine rings is 1. The Morgan fingerprint density at radius 2 is 2.12 bits per heavy atom. The fourth-order valence-electron chi connectivity index (χ4n) is 5.90. The van der Waals surface area contributed by atoms with Crippen molar-refractivity contribution < 1.29 is 4.39 Å². The lowest BCUT2D eigenvalue weighted by atomic mass is 9.93. The van der Waals surface area contributed by atoms with Crippen molar-refractivity contribution in [2.75, 3.05) is 6.54 Å². The SMILES string of the molecule is CC(=N)NCC[C@@H]1CCC[C@@H](c2ncc(-n3cc4cc(-c5cc(CCC[C@H](C)N)cc(Cl)c5F)[nH]c4nc3=O)cc2C)N1. The molecule has 3 aromatic heterocycles. The summed E-state index contributed by atoms with van der Waals surface area (Å²) in [6, 6.07) is 7.79. The van der Waals surface area contributed by atoms with Gasteiger partial charge in [-0.2, -0.15) is 4.98 Å². The molecule has 9 nitrogen and oxygen atoms in total. The summed E-state index contributed by atoms with van der Waals surface area (Å²) in [5, 5.41) is 15.1. The van der Waals surface area contributed by atoms with E-state index in [2.05, 4.69) is 20.6 Å². The molecular weight excluding hydrogens is 567 g/mol. The maximum atomic E-state index is 15.1. The molecule has 1 aromatic carbocycles. The van der Waals surface area contributed by atoms with Gasteiger partial charge in [0.05, 0.1) is 34.1 Å². The van der Waals surface area contributed by atoms with E-state index >= 15 is 4.39 Å². The highest BCUT2D eigenvalue weighted by Gasteiger charge is 2.24. The first-order valence-corrected chi connectivity index (χ1v) is 15.3. The van der Waals surface area contributed by atoms with Crippen LogP contribution in [0.4, 0.5) is 4.39 Å². The van der Waals surface area contributed by atoms with Gasteiger partial charge in [-0.15, -0.1) is 0 Å². The van der Waals surface area contributed by atoms with E-state index in [1.807, 2.05) is 19.9 Å². The zero-order valence-corrected chi connectivity index (χ0v) is 25.7. The van der Waals surface area contributed by atoms with E-state index in [0.29, 0.717) is 39.9 Å². The molecule has 1 aliphatic rings. The maximum Gasteiger partial charge on any atom is 0.354 e. The summed E-state index contributed by atoms with van der Waals surface area (Å²) < 4.78 is 16.6. The largest absolute Gasteiger partial charge is 0.374 e. The average molecular weight is 607 g/mol. The monoisotopic (exact) mass is 606 g/mol. The van der Waals surface area contributed by atoms with Crippen molar-refractivity contribution >= 4 is 28.5 Å². The number of halogens is 2. The molecular formula is C32H40ClFN8O. The van der Waals surface area contributed by atoms with Gasteiger partial charge >= 0.3 is 5.69 Å². The molecule has 43 heavy (non-hydrogen) atoms. The highest BCUT2D eigenvalue weighted by molar-refractivity contribution is 6.31. The number of nitrogens with zero attached hydrogens (tertiary/aromatic N) is 3. The molecule has 1 fully saturated rings. The Morgan fingerprint density at radius 1 is 1.30 bits per heavy atom. The van der Waals surface area contributed by atoms with E-state index in [9.17, 15) is 4.79 Å². The van der Waals surface area contributed by atoms with Crippen molar-refractivity contribution in [2.24, 2.45) is 5.73 Å². The van der Waals surface area contributed by atoms with Gasteiger partial charge in [-0.25, -0.2) is 9.18 Å². The van der Waals surface area contributed by atoms with Crippen LogP contribution in [0.3, 0.4) is 0 Å². The molecule has 3 atom stereocenters. The smallest absolute Gasteiger partial charge is 0.354 e. The molecule has 6 N–H and O–H groups in total. The van der Waals surface area contributed by atoms with Crippen molar-refractivity contribution in [3.63, 3.8) is 0 Å². The third kappa shape index (κ3) is 7.31. The quantitative estimate of drug-likeness (QED) is 0.116. The molecule has 4 aromatic rings. The number of nitrogens with two attached hydrogens (primary N) is 1. The Balaban J connectivity index is 1.38. The van der Waals surface area contributed by atoms with E-state index in [1.54, 1.807) is 37.5 Å². The van der Waals surface area contributed by atoms with Gasteiger partial charge in [0, 0.05) is 41.8 Å². The zero-order chi connectivity index (χ0) is 30.7. The van der Waals surface area contributed by atoms with Gasteiger partial charge in [-0.05, 0) is 101 Å². The lowest BCUT2D eigenvalue weighted by Gasteiger charge is -2.31. The van der Waals surface area contributed by atoms with Crippen LogP contribution < -0.4 is 22.1 Å². The molecule has 1 aliphatic heterocycles. The molecule has 1 saturated heterocycles. The number of nitrogens with one attached hydrogen (secondary N) is 4. The molecule has 0 unspecified atom stereocenters. The van der Waals surface area contributed by atoms with E-state index in [4.69, 9.17) is 27.7 Å². The van der Waals surface area contributed by atoms with Crippen LogP contribution in [-0.2, 0) is 6.42 Å². The molecule has 0 saturated carbocycles. The van der Waals surface area contributed by atoms with Gasteiger partial charge in [-0.1, -0.05) is 11.6 Å². The number of amidine groups is 1. The van der Waals surface area contributed by atoms with Crippen LogP contribution in [0.5, 0.6) is 0 Å². The first-order chi connectivity index (χ1) is 20.6. The average Bonchev–Trinajstić information content (AvgIpc) is 3.36. The minimum Gasteiger partial charge on any atom is -0.374 e. The highest BCUT2D eigenvalue weighted by atomic mass is 35.5. The molecule has 0 bridgehead atoms. The Kier molecular flexibility index (Phi) is 9.59. The number of hydrogen-bond donors (Lipinski definition) is 5. The van der Waals surface area contributed by atoms with Crippen molar-refractivity contribution in [1.29, 1.82) is 5.41 Å². The third-order valence-electron chi connectivity index (χ3n) is 8.09. The number of rotatable bonds is 10. The number of piperidine rings is 1. The minimum atomic E-state index is -0.519. The van der Waals surface area contributed by atoms with Gasteiger partial charge in [-0.3, -0.25) is 15.0 Å². The van der Waals surface area contributed by atoms with Gasteiger partial charge in [0.1, 0.15) is 5.65 Å². The topological polar surface area (TPSA) is 138 Å². The fourth-order valence-corrected chi connectivity index (χ4v) is 6.14. The lowest BCUT2D eigenvalue weighted by molar-refractivity contribution is 0.307. The molecule has 228 valence electrons. The van der Waals surface area contributed by atoms with Crippen LogP contribution in [0, 0.1) is 18.2 Å². The Hall–Kier alpha value is -3.60. The summed E-state index contributed by atoms with van der Waals surface area (Å²) in [6.45, 7) is 6.49. The second-order valence-corrected chi connectivity index (χ2v) is 12.2. The summed E-state index contributed by atoms with van der Waals surface area (Å²) in [6.07, 6.45) is 10.0. The summed E-state index contributed by atoms with van der Waals surface area (Å²) in [7, 11) is 0. The highest BCUT2D eigenvalue weighted by Crippen LogP contribution is 2.32. The van der Waals surface area contributed by atoms with Crippen molar-refractivity contribution in [3.05, 3.63) is 74.8 Å². The summed E-state index contributed by atoms with van der Waals surface area (Å²) in [5.41, 5.74) is 10.1. The lowest BCUT2D eigenvalue weighted by Crippen LogP contribution is -2.39. The van der Waals surface area contributed by atoms with Gasteiger partial charge < -0.3 is 21.4 Å². The number of fused-ring (bicyclic) bond motifs is 1. The van der Waals surface area contributed by atoms with Crippen molar-refractivity contribution in [2.45, 2.75) is 83.8 Å². The number of hydrogen-bond acceptors (Lipinski definition) is 6. The number of aromatic nitrogens is 4. The number of aromatic amines is 1. The van der Waals surface area contributed by atoms with Crippen LogP contribution in [0.15, 0.2) is 41.5 Å². The predicted molar refractivity (Wildman–Crippen MR) is 171 cm³/mol. The Bertz CT molecular complexity index is 1680. The van der Waals surface area contributed by atoms with E-state index < -0.39 is 11.5 Å². The second-order valence-electron chi connectivity index (χ2n) is 11.8. The zero-order valence-electron chi connectivity index (χ0n) is 24.9. The van der Waals surface area contributed by atoms with E-state index in [-0.39, 0.29) is 17.1 Å². The second kappa shape index (κ2) is 13.4. The van der Waals surface area contributed by atoms with Crippen molar-refractivity contribution in [1.82, 2.24) is 30.2 Å². The van der Waals surface area contributed by atoms with Gasteiger partial charge in [0.15, 0.2) is 5.82 Å². The Morgan fingerprint density at radius 3 is 2.86 bits per heavy atom. The van der Waals surface area contributed by atoms with E-state index in [1.165, 1.54) is 4.57 Å². The number of aryl methyl sites for hydroxylation is 2. The predicted octanol–water partition coefficient (Wildman–Crippen LogP) is 5.71. The standard InChI is InChI=1S/C32H40ClFN8O/c1-18-12-24(16-38-30(18)27-9-5-8-23(39-27)10-11-37-20(3)36)42-17-22-15-28(40-31(22)41-32(42)43)25-13-21(7-4-6-19(2)35)14-26(33)29(25)34/h12-17,19,23,27,39H,4-11,35H2,1-3H3,(H2,36,37)(H,40,41,43)/t19-,23-,27-/m0/s1. The summed E-state index contributed by atoms with van der Waals surface area (Å²) in [5.74, 6) is -0.0387. The summed E-state index contributed by atoms with van der Waals surface area (Å²) >= 11 is 6.26. The van der Waals surface area contributed by atoms with Gasteiger partial charge in [0.2, 0.25) is 0 Å². The van der Waals surface area contributed by atoms with Crippen LogP contribution >= 0.6 is 11.6 Å². The Labute approximate surface area is 256 Å². The first-order valence-electron chi connectivity index (χ1n) is 15.0. The molecule has 4 heterocycles. The molecule has 0 spiro atoms. The molecule has 0 radical (unpaired) electrons. The molecule has 0 amide bonds. The van der Waals surface area contributed by atoms with Crippen LogP contribution in [0.2, 0.25) is 5.02 Å². The van der Waals surface area contributed by atoms with Crippen LogP contribution in [-0.4, -0.2) is 44.0 Å². The van der Waals surface area contributed by atoms with Crippen LogP contribution in [0.25, 0.3) is 28.0 Å². The molecule has 5 rings (SSSR count). The van der Waals surface area contributed by atoms with E-state index in [0.717, 1.165) is 68.3 Å². The maximum absolute atomic E-state index is 15.1. The minimum absolute atomic E-state index is 0.0537. The number of benzene rings is 1. The molecule has 11 heteroatoms. The normalized spacial score (nSPS) is 17.7. The van der Waals surface area contributed by atoms with Crippen LogP contribution in [0.1, 0.15) is 75.2 Å². The molecule has 0 aliphatic carbocycles. The fraction of sp³-hybridized carbons (Fsp3) is 0.438. The third-order valence-corrected chi connectivity index (χ3v) is 8.36. The summed E-state index contributed by atoms with van der Waals surface area (Å²) in [4.78, 5) is 25.2. The number of H-pyrrole nitrogens is 1. The van der Waals surface area contributed by atoms with Gasteiger partial charge in [0.25, 0.3) is 0 Å². The van der Waals surface area contributed by atoms with Crippen molar-refractivity contribution in [3.8, 4) is 16.9 Å².